The minimum atomic E-state index is -0.190. The summed E-state index contributed by atoms with van der Waals surface area (Å²) in [6, 6.07) is 8.18. The number of fused-ring (bicyclic) bond motifs is 1. The van der Waals surface area contributed by atoms with Crippen LogP contribution in [-0.2, 0) is 5.54 Å². The van der Waals surface area contributed by atoms with Gasteiger partial charge in [0.1, 0.15) is 5.75 Å². The zero-order chi connectivity index (χ0) is 11.6. The van der Waals surface area contributed by atoms with Crippen LogP contribution in [-0.4, -0.2) is 6.61 Å². The third-order valence-corrected chi connectivity index (χ3v) is 3.64. The molecule has 2 rings (SSSR count). The van der Waals surface area contributed by atoms with Crippen LogP contribution in [0, 0.1) is 5.92 Å². The minimum Gasteiger partial charge on any atom is -0.493 e. The first kappa shape index (κ1) is 11.5. The lowest BCUT2D eigenvalue weighted by atomic mass is 9.78. The Balaban J connectivity index is 2.29. The molecule has 2 unspecified atom stereocenters. The molecule has 0 amide bonds. The van der Waals surface area contributed by atoms with Gasteiger partial charge >= 0.3 is 0 Å². The van der Waals surface area contributed by atoms with E-state index < -0.39 is 0 Å². The Morgan fingerprint density at radius 1 is 1.44 bits per heavy atom. The lowest BCUT2D eigenvalue weighted by Crippen LogP contribution is -2.42. The van der Waals surface area contributed by atoms with E-state index in [1.54, 1.807) is 0 Å². The summed E-state index contributed by atoms with van der Waals surface area (Å²) in [5.74, 6) is 1.63. The van der Waals surface area contributed by atoms with Crippen molar-refractivity contribution in [3.8, 4) is 5.75 Å². The van der Waals surface area contributed by atoms with Gasteiger partial charge in [0, 0.05) is 17.5 Å². The maximum Gasteiger partial charge on any atom is 0.124 e. The molecule has 0 saturated carbocycles. The fraction of sp³-hybridized carbons (Fsp3) is 0.571. The van der Waals surface area contributed by atoms with Crippen LogP contribution < -0.4 is 10.5 Å². The van der Waals surface area contributed by atoms with Gasteiger partial charge in [-0.15, -0.1) is 0 Å². The highest BCUT2D eigenvalue weighted by Crippen LogP contribution is 2.39. The van der Waals surface area contributed by atoms with Crippen molar-refractivity contribution < 1.29 is 4.74 Å². The molecule has 0 spiro atoms. The summed E-state index contributed by atoms with van der Waals surface area (Å²) < 4.78 is 5.65. The third-order valence-electron chi connectivity index (χ3n) is 3.64. The lowest BCUT2D eigenvalue weighted by Gasteiger charge is -2.37. The summed E-state index contributed by atoms with van der Waals surface area (Å²) in [6.07, 6.45) is 3.15. The molecule has 1 aromatic carbocycles. The molecule has 1 heterocycles. The van der Waals surface area contributed by atoms with Crippen molar-refractivity contribution in [2.45, 2.75) is 38.6 Å². The molecule has 2 heteroatoms. The molecule has 16 heavy (non-hydrogen) atoms. The summed E-state index contributed by atoms with van der Waals surface area (Å²) in [5, 5.41) is 0. The van der Waals surface area contributed by atoms with Crippen LogP contribution in [0.1, 0.15) is 38.7 Å². The molecular weight excluding hydrogens is 198 g/mol. The van der Waals surface area contributed by atoms with E-state index in [4.69, 9.17) is 10.5 Å². The molecule has 2 nitrogen and oxygen atoms in total. The lowest BCUT2D eigenvalue weighted by molar-refractivity contribution is 0.191. The van der Waals surface area contributed by atoms with E-state index in [1.165, 1.54) is 12.0 Å². The molecule has 1 aliphatic rings. The Hall–Kier alpha value is -1.02. The maximum absolute atomic E-state index is 6.57. The third kappa shape index (κ3) is 2.07. The van der Waals surface area contributed by atoms with Gasteiger partial charge in [-0.2, -0.15) is 0 Å². The smallest absolute Gasteiger partial charge is 0.124 e. The van der Waals surface area contributed by atoms with Gasteiger partial charge in [0.2, 0.25) is 0 Å². The van der Waals surface area contributed by atoms with Crippen molar-refractivity contribution >= 4 is 0 Å². The second-order valence-electron chi connectivity index (χ2n) is 4.97. The average molecular weight is 219 g/mol. The van der Waals surface area contributed by atoms with E-state index in [1.807, 2.05) is 18.2 Å². The summed E-state index contributed by atoms with van der Waals surface area (Å²) in [5.41, 5.74) is 7.56. The predicted molar refractivity (Wildman–Crippen MR) is 66.5 cm³/mol. The van der Waals surface area contributed by atoms with E-state index in [2.05, 4.69) is 19.9 Å². The molecule has 1 aliphatic heterocycles. The topological polar surface area (TPSA) is 35.2 Å². The van der Waals surface area contributed by atoms with Crippen molar-refractivity contribution in [2.24, 2.45) is 11.7 Å². The van der Waals surface area contributed by atoms with Gasteiger partial charge in [-0.05, 0) is 18.4 Å². The standard InChI is InChI=1S/C14H21NO/c1-3-11(2)10-14(15)8-9-16-13-7-5-4-6-12(13)14/h4-7,11H,3,8-10,15H2,1-2H3. The largest absolute Gasteiger partial charge is 0.493 e. The van der Waals surface area contributed by atoms with Crippen LogP contribution in [0.15, 0.2) is 24.3 Å². The van der Waals surface area contributed by atoms with Gasteiger partial charge in [0.25, 0.3) is 0 Å². The molecule has 2 atom stereocenters. The Bertz CT molecular complexity index is 364. The Labute approximate surface area is 97.8 Å². The molecule has 88 valence electrons. The van der Waals surface area contributed by atoms with Crippen LogP contribution in [0.4, 0.5) is 0 Å². The SMILES string of the molecule is CCC(C)CC1(N)CCOc2ccccc21. The summed E-state index contributed by atoms with van der Waals surface area (Å²) in [6.45, 7) is 5.23. The monoisotopic (exact) mass is 219 g/mol. The Kier molecular flexibility index (Phi) is 3.20. The molecule has 0 fully saturated rings. The molecular formula is C14H21NO. The minimum absolute atomic E-state index is 0.190. The fourth-order valence-corrected chi connectivity index (χ4v) is 2.46. The van der Waals surface area contributed by atoms with Crippen LogP contribution in [0.5, 0.6) is 5.75 Å². The summed E-state index contributed by atoms with van der Waals surface area (Å²) in [7, 11) is 0. The van der Waals surface area contributed by atoms with Crippen molar-refractivity contribution in [2.75, 3.05) is 6.61 Å². The predicted octanol–water partition coefficient (Wildman–Crippen LogP) is 3.06. The van der Waals surface area contributed by atoms with E-state index in [0.29, 0.717) is 5.92 Å². The van der Waals surface area contributed by atoms with Gasteiger partial charge in [-0.1, -0.05) is 38.5 Å². The first-order valence-corrected chi connectivity index (χ1v) is 6.17. The van der Waals surface area contributed by atoms with E-state index >= 15 is 0 Å². The summed E-state index contributed by atoms with van der Waals surface area (Å²) >= 11 is 0. The zero-order valence-corrected chi connectivity index (χ0v) is 10.2. The number of hydrogen-bond acceptors (Lipinski definition) is 2. The van der Waals surface area contributed by atoms with Gasteiger partial charge in [0.05, 0.1) is 6.61 Å². The van der Waals surface area contributed by atoms with E-state index in [0.717, 1.165) is 25.2 Å². The summed E-state index contributed by atoms with van der Waals surface area (Å²) in [4.78, 5) is 0. The van der Waals surface area contributed by atoms with Crippen molar-refractivity contribution in [1.29, 1.82) is 0 Å². The highest BCUT2D eigenvalue weighted by atomic mass is 16.5. The fourth-order valence-electron chi connectivity index (χ4n) is 2.46. The number of hydrogen-bond donors (Lipinski definition) is 1. The highest BCUT2D eigenvalue weighted by Gasteiger charge is 2.34. The maximum atomic E-state index is 6.57. The van der Waals surface area contributed by atoms with Crippen LogP contribution in [0.3, 0.4) is 0 Å². The van der Waals surface area contributed by atoms with Gasteiger partial charge in [-0.3, -0.25) is 0 Å². The molecule has 0 bridgehead atoms. The van der Waals surface area contributed by atoms with Crippen LogP contribution in [0.2, 0.25) is 0 Å². The van der Waals surface area contributed by atoms with Crippen LogP contribution in [0.25, 0.3) is 0 Å². The molecule has 0 aromatic heterocycles. The number of benzene rings is 1. The van der Waals surface area contributed by atoms with Crippen LogP contribution >= 0.6 is 0 Å². The Morgan fingerprint density at radius 3 is 2.94 bits per heavy atom. The molecule has 1 aromatic rings. The Morgan fingerprint density at radius 2 is 2.19 bits per heavy atom. The molecule has 0 aliphatic carbocycles. The van der Waals surface area contributed by atoms with Crippen molar-refractivity contribution in [3.63, 3.8) is 0 Å². The number of ether oxygens (including phenoxy) is 1. The first-order chi connectivity index (χ1) is 7.65. The second-order valence-corrected chi connectivity index (χ2v) is 4.97. The number of rotatable bonds is 3. The van der Waals surface area contributed by atoms with Gasteiger partial charge in [-0.25, -0.2) is 0 Å². The normalized spacial score (nSPS) is 25.7. The molecule has 0 radical (unpaired) electrons. The quantitative estimate of drug-likeness (QED) is 0.848. The second kappa shape index (κ2) is 4.46. The zero-order valence-electron chi connectivity index (χ0n) is 10.2. The molecule has 2 N–H and O–H groups in total. The van der Waals surface area contributed by atoms with Gasteiger partial charge < -0.3 is 10.5 Å². The highest BCUT2D eigenvalue weighted by molar-refractivity contribution is 5.40. The first-order valence-electron chi connectivity index (χ1n) is 6.17. The van der Waals surface area contributed by atoms with Crippen molar-refractivity contribution in [1.82, 2.24) is 0 Å². The van der Waals surface area contributed by atoms with Gasteiger partial charge in [0.15, 0.2) is 0 Å². The van der Waals surface area contributed by atoms with E-state index in [-0.39, 0.29) is 5.54 Å². The van der Waals surface area contributed by atoms with E-state index in [9.17, 15) is 0 Å². The average Bonchev–Trinajstić information content (AvgIpc) is 2.29. The number of para-hydroxylation sites is 1. The van der Waals surface area contributed by atoms with Crippen molar-refractivity contribution in [3.05, 3.63) is 29.8 Å². The molecule has 0 saturated heterocycles. The number of nitrogens with two attached hydrogens (primary N) is 1.